The van der Waals surface area contributed by atoms with Crippen LogP contribution >= 0.6 is 0 Å². The molecule has 0 unspecified atom stereocenters. The first-order chi connectivity index (χ1) is 9.58. The van der Waals surface area contributed by atoms with Crippen LogP contribution < -0.4 is 5.32 Å². The summed E-state index contributed by atoms with van der Waals surface area (Å²) in [5.41, 5.74) is 1.08. The average Bonchev–Trinajstić information content (AvgIpc) is 2.45. The van der Waals surface area contributed by atoms with Gasteiger partial charge < -0.3 is 5.32 Å². The Kier molecular flexibility index (Phi) is 5.61. The van der Waals surface area contributed by atoms with E-state index in [1.807, 2.05) is 19.1 Å². The van der Waals surface area contributed by atoms with Gasteiger partial charge in [-0.2, -0.15) is 0 Å². The molecule has 0 saturated heterocycles. The summed E-state index contributed by atoms with van der Waals surface area (Å²) in [4.78, 5) is 0.433. The Balaban J connectivity index is 1.76. The lowest BCUT2D eigenvalue weighted by Crippen LogP contribution is -2.29. The second kappa shape index (κ2) is 7.23. The number of hydrogen-bond donors (Lipinski definition) is 1. The second-order valence-corrected chi connectivity index (χ2v) is 7.95. The normalized spacial score (nSPS) is 17.2. The summed E-state index contributed by atoms with van der Waals surface area (Å²) in [6.45, 7) is 3.47. The number of nitrogens with one attached hydrogen (secondary N) is 1. The summed E-state index contributed by atoms with van der Waals surface area (Å²) in [7, 11) is -3.14. The Bertz CT molecular complexity index is 502. The fraction of sp³-hybridized carbons (Fsp3) is 0.625. The van der Waals surface area contributed by atoms with Crippen molar-refractivity contribution in [1.29, 1.82) is 0 Å². The Morgan fingerprint density at radius 2 is 1.75 bits per heavy atom. The van der Waals surface area contributed by atoms with Crippen LogP contribution in [-0.2, 0) is 9.84 Å². The smallest absolute Gasteiger partial charge is 0.179 e. The fourth-order valence-corrected chi connectivity index (χ4v) is 3.97. The maximum atomic E-state index is 12.2. The highest BCUT2D eigenvalue weighted by atomic mass is 32.2. The SMILES string of the molecule is Cc1ccc(S(=O)(=O)CCNCC2CCCCC2)cc1. The zero-order valence-corrected chi connectivity index (χ0v) is 13.1. The minimum absolute atomic E-state index is 0.183. The van der Waals surface area contributed by atoms with Crippen molar-refractivity contribution in [1.82, 2.24) is 5.32 Å². The topological polar surface area (TPSA) is 46.2 Å². The summed E-state index contributed by atoms with van der Waals surface area (Å²) in [5, 5.41) is 3.31. The van der Waals surface area contributed by atoms with E-state index in [9.17, 15) is 8.42 Å². The number of aryl methyl sites for hydroxylation is 1. The van der Waals surface area contributed by atoms with E-state index in [-0.39, 0.29) is 5.75 Å². The zero-order valence-electron chi connectivity index (χ0n) is 12.3. The average molecular weight is 295 g/mol. The summed E-state index contributed by atoms with van der Waals surface area (Å²) >= 11 is 0. The molecule has 0 atom stereocenters. The van der Waals surface area contributed by atoms with Crippen molar-refractivity contribution in [2.75, 3.05) is 18.8 Å². The van der Waals surface area contributed by atoms with Crippen molar-refractivity contribution in [3.8, 4) is 0 Å². The van der Waals surface area contributed by atoms with E-state index in [1.165, 1.54) is 32.1 Å². The molecular formula is C16H25NO2S. The van der Waals surface area contributed by atoms with E-state index in [4.69, 9.17) is 0 Å². The molecule has 0 amide bonds. The van der Waals surface area contributed by atoms with Crippen molar-refractivity contribution in [2.45, 2.75) is 43.9 Å². The van der Waals surface area contributed by atoms with E-state index < -0.39 is 9.84 Å². The predicted octanol–water partition coefficient (Wildman–Crippen LogP) is 2.94. The van der Waals surface area contributed by atoms with Gasteiger partial charge in [0.25, 0.3) is 0 Å². The first kappa shape index (κ1) is 15.5. The van der Waals surface area contributed by atoms with E-state index in [2.05, 4.69) is 5.32 Å². The molecule has 112 valence electrons. The van der Waals surface area contributed by atoms with Crippen LogP contribution in [-0.4, -0.2) is 27.3 Å². The second-order valence-electron chi connectivity index (χ2n) is 5.84. The first-order valence-corrected chi connectivity index (χ1v) is 9.23. The van der Waals surface area contributed by atoms with Crippen LogP contribution in [0.2, 0.25) is 0 Å². The number of benzene rings is 1. The van der Waals surface area contributed by atoms with Crippen molar-refractivity contribution in [3.05, 3.63) is 29.8 Å². The molecule has 1 aliphatic rings. The molecule has 1 fully saturated rings. The highest BCUT2D eigenvalue weighted by Crippen LogP contribution is 2.22. The van der Waals surface area contributed by atoms with Gasteiger partial charge in [0.15, 0.2) is 9.84 Å². The standard InChI is InChI=1S/C16H25NO2S/c1-14-7-9-16(10-8-14)20(18,19)12-11-17-13-15-5-3-2-4-6-15/h7-10,15,17H,2-6,11-13H2,1H3. The first-order valence-electron chi connectivity index (χ1n) is 7.58. The van der Waals surface area contributed by atoms with Gasteiger partial charge in [0, 0.05) is 6.54 Å². The molecule has 1 N–H and O–H groups in total. The van der Waals surface area contributed by atoms with Crippen LogP contribution in [0.25, 0.3) is 0 Å². The van der Waals surface area contributed by atoms with Gasteiger partial charge in [-0.15, -0.1) is 0 Å². The molecule has 2 rings (SSSR count). The highest BCUT2D eigenvalue weighted by Gasteiger charge is 2.15. The molecule has 0 radical (unpaired) electrons. The lowest BCUT2D eigenvalue weighted by atomic mass is 9.89. The molecule has 3 nitrogen and oxygen atoms in total. The largest absolute Gasteiger partial charge is 0.315 e. The highest BCUT2D eigenvalue weighted by molar-refractivity contribution is 7.91. The molecular weight excluding hydrogens is 270 g/mol. The van der Waals surface area contributed by atoms with E-state index in [0.717, 1.165) is 18.0 Å². The maximum Gasteiger partial charge on any atom is 0.179 e. The molecule has 1 aromatic carbocycles. The Morgan fingerprint density at radius 3 is 2.40 bits per heavy atom. The molecule has 0 spiro atoms. The quantitative estimate of drug-likeness (QED) is 0.821. The molecule has 1 aromatic rings. The predicted molar refractivity (Wildman–Crippen MR) is 82.7 cm³/mol. The molecule has 0 aromatic heterocycles. The van der Waals surface area contributed by atoms with Crippen LogP contribution in [0, 0.1) is 12.8 Å². The molecule has 0 heterocycles. The molecule has 4 heteroatoms. The lowest BCUT2D eigenvalue weighted by molar-refractivity contribution is 0.345. The zero-order chi connectivity index (χ0) is 14.4. The molecule has 0 bridgehead atoms. The van der Waals surface area contributed by atoms with Crippen LogP contribution in [0.4, 0.5) is 0 Å². The number of rotatable bonds is 6. The van der Waals surface area contributed by atoms with Crippen LogP contribution in [0.1, 0.15) is 37.7 Å². The molecule has 1 aliphatic carbocycles. The van der Waals surface area contributed by atoms with Gasteiger partial charge in [-0.25, -0.2) is 8.42 Å². The van der Waals surface area contributed by atoms with E-state index in [0.29, 0.717) is 11.4 Å². The Morgan fingerprint density at radius 1 is 1.10 bits per heavy atom. The van der Waals surface area contributed by atoms with E-state index in [1.54, 1.807) is 12.1 Å². The molecule has 20 heavy (non-hydrogen) atoms. The van der Waals surface area contributed by atoms with Crippen LogP contribution in [0.15, 0.2) is 29.2 Å². The third-order valence-electron chi connectivity index (χ3n) is 4.09. The van der Waals surface area contributed by atoms with Crippen molar-refractivity contribution >= 4 is 9.84 Å². The summed E-state index contributed by atoms with van der Waals surface area (Å²) < 4.78 is 24.3. The van der Waals surface area contributed by atoms with Gasteiger partial charge in [0.1, 0.15) is 0 Å². The monoisotopic (exact) mass is 295 g/mol. The van der Waals surface area contributed by atoms with Crippen LogP contribution in [0.3, 0.4) is 0 Å². The number of sulfone groups is 1. The van der Waals surface area contributed by atoms with Gasteiger partial charge in [0.05, 0.1) is 10.6 Å². The van der Waals surface area contributed by atoms with Gasteiger partial charge in [-0.3, -0.25) is 0 Å². The van der Waals surface area contributed by atoms with Crippen molar-refractivity contribution in [3.63, 3.8) is 0 Å². The maximum absolute atomic E-state index is 12.2. The third-order valence-corrected chi connectivity index (χ3v) is 5.82. The molecule has 1 saturated carbocycles. The fourth-order valence-electron chi connectivity index (χ4n) is 2.77. The van der Waals surface area contributed by atoms with E-state index >= 15 is 0 Å². The number of hydrogen-bond acceptors (Lipinski definition) is 3. The summed E-state index contributed by atoms with van der Waals surface area (Å²) in [6.07, 6.45) is 6.59. The van der Waals surface area contributed by atoms with Crippen molar-refractivity contribution < 1.29 is 8.42 Å². The van der Waals surface area contributed by atoms with Gasteiger partial charge in [-0.1, -0.05) is 37.0 Å². The van der Waals surface area contributed by atoms with Gasteiger partial charge in [0.2, 0.25) is 0 Å². The van der Waals surface area contributed by atoms with Gasteiger partial charge >= 0.3 is 0 Å². The summed E-state index contributed by atoms with van der Waals surface area (Å²) in [5.74, 6) is 0.925. The Hall–Kier alpha value is -0.870. The third kappa shape index (κ3) is 4.60. The minimum atomic E-state index is -3.14. The minimum Gasteiger partial charge on any atom is -0.315 e. The molecule has 0 aliphatic heterocycles. The lowest BCUT2D eigenvalue weighted by Gasteiger charge is -2.21. The van der Waals surface area contributed by atoms with Crippen molar-refractivity contribution in [2.24, 2.45) is 5.92 Å². The van der Waals surface area contributed by atoms with Crippen LogP contribution in [0.5, 0.6) is 0 Å². The van der Waals surface area contributed by atoms with Gasteiger partial charge in [-0.05, 0) is 44.4 Å². The summed E-state index contributed by atoms with van der Waals surface area (Å²) in [6, 6.07) is 7.10. The Labute approximate surface area is 122 Å².